The van der Waals surface area contributed by atoms with Gasteiger partial charge in [-0.1, -0.05) is 19.9 Å². The Morgan fingerprint density at radius 1 is 1.14 bits per heavy atom. The van der Waals surface area contributed by atoms with E-state index in [-0.39, 0.29) is 29.3 Å². The number of likely N-dealkylation sites (tertiary alicyclic amines) is 1. The van der Waals surface area contributed by atoms with Gasteiger partial charge in [0.15, 0.2) is 0 Å². The summed E-state index contributed by atoms with van der Waals surface area (Å²) in [6.45, 7) is 13.1. The zero-order chi connectivity index (χ0) is 21.1. The van der Waals surface area contributed by atoms with Crippen molar-refractivity contribution < 1.29 is 14.3 Å². The van der Waals surface area contributed by atoms with Crippen LogP contribution >= 0.6 is 0 Å². The summed E-state index contributed by atoms with van der Waals surface area (Å²) < 4.78 is 7.53. The van der Waals surface area contributed by atoms with Gasteiger partial charge in [0.2, 0.25) is 0 Å². The zero-order valence-electron chi connectivity index (χ0n) is 18.2. The molecule has 0 radical (unpaired) electrons. The highest BCUT2D eigenvalue weighted by molar-refractivity contribution is 5.86. The first-order valence-corrected chi connectivity index (χ1v) is 10.4. The van der Waals surface area contributed by atoms with Crippen LogP contribution in [0, 0.1) is 24.7 Å². The van der Waals surface area contributed by atoms with Crippen LogP contribution < -0.4 is 0 Å². The molecule has 1 saturated heterocycles. The third kappa shape index (κ3) is 3.65. The number of hydrogen-bond acceptors (Lipinski definition) is 4. The minimum atomic E-state index is -0.492. The van der Waals surface area contributed by atoms with Crippen LogP contribution in [0.4, 0.5) is 4.79 Å². The summed E-state index contributed by atoms with van der Waals surface area (Å²) in [6, 6.07) is 6.06. The number of nitrogens with zero attached hydrogens (tertiary/aromatic N) is 3. The second kappa shape index (κ2) is 6.57. The van der Waals surface area contributed by atoms with Crippen molar-refractivity contribution in [3.05, 3.63) is 35.9 Å². The van der Waals surface area contributed by atoms with E-state index >= 15 is 0 Å². The van der Waals surface area contributed by atoms with E-state index in [4.69, 9.17) is 9.72 Å². The third-order valence-corrected chi connectivity index (χ3v) is 6.20. The molecule has 3 atom stereocenters. The lowest BCUT2D eigenvalue weighted by molar-refractivity contribution is -0.122. The van der Waals surface area contributed by atoms with Gasteiger partial charge >= 0.3 is 6.09 Å². The Morgan fingerprint density at radius 3 is 2.41 bits per heavy atom. The Labute approximate surface area is 172 Å². The Bertz CT molecular complexity index is 957. The SMILES string of the molecule is Cc1nc(C(C)(C)CC(=O)C2[C@H]3CN(C(=O)OC(C)(C)C)C[C@@H]23)c2ccccn12. The summed E-state index contributed by atoms with van der Waals surface area (Å²) in [4.78, 5) is 31.9. The predicted octanol–water partition coefficient (Wildman–Crippen LogP) is 3.99. The number of aromatic nitrogens is 2. The van der Waals surface area contributed by atoms with Crippen molar-refractivity contribution in [1.82, 2.24) is 14.3 Å². The molecule has 1 saturated carbocycles. The van der Waals surface area contributed by atoms with Gasteiger partial charge in [-0.05, 0) is 51.7 Å². The van der Waals surface area contributed by atoms with Gasteiger partial charge in [-0.2, -0.15) is 0 Å². The molecule has 1 aliphatic heterocycles. The maximum Gasteiger partial charge on any atom is 0.410 e. The number of carbonyl (C=O) groups is 2. The van der Waals surface area contributed by atoms with Crippen molar-refractivity contribution in [2.24, 2.45) is 17.8 Å². The number of pyridine rings is 1. The number of carbonyl (C=O) groups excluding carboxylic acids is 2. The number of fused-ring (bicyclic) bond motifs is 2. The molecular formula is C23H31N3O3. The van der Waals surface area contributed by atoms with Crippen molar-refractivity contribution >= 4 is 17.4 Å². The number of aryl methyl sites for hydroxylation is 1. The van der Waals surface area contributed by atoms with Crippen LogP contribution in [0.2, 0.25) is 0 Å². The molecule has 0 bridgehead atoms. The summed E-state index contributed by atoms with van der Waals surface area (Å²) in [6.07, 6.45) is 2.21. The summed E-state index contributed by atoms with van der Waals surface area (Å²) in [5, 5.41) is 0. The van der Waals surface area contributed by atoms with Crippen LogP contribution in [-0.4, -0.2) is 44.9 Å². The number of imidazole rings is 1. The summed E-state index contributed by atoms with van der Waals surface area (Å²) in [5.41, 5.74) is 1.22. The molecule has 2 aliphatic rings. The molecule has 2 aromatic rings. The van der Waals surface area contributed by atoms with E-state index in [9.17, 15) is 9.59 Å². The molecule has 1 unspecified atom stereocenters. The highest BCUT2D eigenvalue weighted by Crippen LogP contribution is 2.53. The molecule has 6 heteroatoms. The summed E-state index contributed by atoms with van der Waals surface area (Å²) in [7, 11) is 0. The van der Waals surface area contributed by atoms with Crippen molar-refractivity contribution in [3.63, 3.8) is 0 Å². The van der Waals surface area contributed by atoms with E-state index in [0.29, 0.717) is 25.3 Å². The van der Waals surface area contributed by atoms with Gasteiger partial charge in [0.25, 0.3) is 0 Å². The first-order chi connectivity index (χ1) is 13.5. The average Bonchev–Trinajstić information content (AvgIpc) is 2.95. The normalized spacial score (nSPS) is 23.9. The van der Waals surface area contributed by atoms with Crippen LogP contribution in [-0.2, 0) is 14.9 Å². The highest BCUT2D eigenvalue weighted by atomic mass is 16.6. The number of amides is 1. The van der Waals surface area contributed by atoms with Crippen molar-refractivity contribution in [1.29, 1.82) is 0 Å². The monoisotopic (exact) mass is 397 g/mol. The zero-order valence-corrected chi connectivity index (χ0v) is 18.2. The van der Waals surface area contributed by atoms with E-state index in [2.05, 4.69) is 24.3 Å². The number of ketones is 1. The van der Waals surface area contributed by atoms with Crippen molar-refractivity contribution in [2.45, 2.75) is 59.0 Å². The molecule has 2 fully saturated rings. The van der Waals surface area contributed by atoms with Gasteiger partial charge in [0.05, 0.1) is 11.2 Å². The van der Waals surface area contributed by atoms with E-state index in [0.717, 1.165) is 17.0 Å². The molecule has 1 aliphatic carbocycles. The number of rotatable bonds is 4. The van der Waals surface area contributed by atoms with E-state index < -0.39 is 5.60 Å². The molecule has 3 heterocycles. The topological polar surface area (TPSA) is 63.9 Å². The maximum absolute atomic E-state index is 13.1. The minimum absolute atomic E-state index is 0.0722. The smallest absolute Gasteiger partial charge is 0.410 e. The molecule has 6 nitrogen and oxygen atoms in total. The number of ether oxygens (including phenoxy) is 1. The number of hydrogen-bond donors (Lipinski definition) is 0. The first kappa shape index (κ1) is 19.9. The first-order valence-electron chi connectivity index (χ1n) is 10.4. The number of Topliss-reactive ketones (excluding diaryl/α,β-unsaturated/α-hetero) is 1. The molecule has 2 aromatic heterocycles. The molecule has 0 spiro atoms. The fraction of sp³-hybridized carbons (Fsp3) is 0.609. The number of piperidine rings is 1. The lowest BCUT2D eigenvalue weighted by atomic mass is 9.82. The fourth-order valence-corrected chi connectivity index (χ4v) is 4.81. The summed E-state index contributed by atoms with van der Waals surface area (Å²) >= 11 is 0. The Morgan fingerprint density at radius 2 is 1.79 bits per heavy atom. The highest BCUT2D eigenvalue weighted by Gasteiger charge is 2.60. The molecule has 0 aromatic carbocycles. The molecule has 0 N–H and O–H groups in total. The van der Waals surface area contributed by atoms with E-state index in [1.807, 2.05) is 46.0 Å². The van der Waals surface area contributed by atoms with Crippen LogP contribution in [0.5, 0.6) is 0 Å². The largest absolute Gasteiger partial charge is 0.444 e. The van der Waals surface area contributed by atoms with Gasteiger partial charge < -0.3 is 14.0 Å². The maximum atomic E-state index is 13.1. The fourth-order valence-electron chi connectivity index (χ4n) is 4.81. The second-order valence-electron chi connectivity index (χ2n) is 10.2. The minimum Gasteiger partial charge on any atom is -0.444 e. The van der Waals surface area contributed by atoms with E-state index in [1.165, 1.54) is 0 Å². The van der Waals surface area contributed by atoms with Gasteiger partial charge in [0.1, 0.15) is 17.2 Å². The second-order valence-corrected chi connectivity index (χ2v) is 10.2. The van der Waals surface area contributed by atoms with Crippen LogP contribution in [0.1, 0.15) is 52.6 Å². The molecule has 156 valence electrons. The average molecular weight is 398 g/mol. The third-order valence-electron chi connectivity index (χ3n) is 6.20. The quantitative estimate of drug-likeness (QED) is 0.782. The van der Waals surface area contributed by atoms with Gasteiger partial charge in [-0.25, -0.2) is 9.78 Å². The Hall–Kier alpha value is -2.37. The lowest BCUT2D eigenvalue weighted by Crippen LogP contribution is -2.37. The Kier molecular flexibility index (Phi) is 4.52. The predicted molar refractivity (Wildman–Crippen MR) is 111 cm³/mol. The Balaban J connectivity index is 1.41. The van der Waals surface area contributed by atoms with Gasteiger partial charge in [-0.3, -0.25) is 4.79 Å². The van der Waals surface area contributed by atoms with E-state index in [1.54, 1.807) is 4.90 Å². The lowest BCUT2D eigenvalue weighted by Gasteiger charge is -2.26. The molecular weight excluding hydrogens is 366 g/mol. The van der Waals surface area contributed by atoms with Gasteiger partial charge in [0, 0.05) is 37.0 Å². The van der Waals surface area contributed by atoms with Gasteiger partial charge in [-0.15, -0.1) is 0 Å². The summed E-state index contributed by atoms with van der Waals surface area (Å²) in [5.74, 6) is 1.87. The van der Waals surface area contributed by atoms with Crippen LogP contribution in [0.15, 0.2) is 24.4 Å². The molecule has 29 heavy (non-hydrogen) atoms. The molecule has 1 amide bonds. The van der Waals surface area contributed by atoms with Crippen molar-refractivity contribution in [3.8, 4) is 0 Å². The van der Waals surface area contributed by atoms with Crippen molar-refractivity contribution in [2.75, 3.05) is 13.1 Å². The van der Waals surface area contributed by atoms with Crippen LogP contribution in [0.3, 0.4) is 0 Å². The van der Waals surface area contributed by atoms with Crippen LogP contribution in [0.25, 0.3) is 5.52 Å². The standard InChI is InChI=1S/C23H31N3O3/c1-14-24-20(17-9-7-8-10-26(14)17)23(5,6)11-18(27)19-15-12-25(13-16(15)19)21(28)29-22(2,3)4/h7-10,15-16,19H,11-13H2,1-6H3/t15-,16+,19?. The molecule has 4 rings (SSSR count).